The van der Waals surface area contributed by atoms with Crippen LogP contribution in [-0.4, -0.2) is 221 Å². The molecule has 1 unspecified atom stereocenters. The van der Waals surface area contributed by atoms with Crippen molar-refractivity contribution in [2.45, 2.75) is 130 Å². The minimum atomic E-state index is -2.05. The van der Waals surface area contributed by atoms with Crippen LogP contribution < -0.4 is 5.32 Å². The van der Waals surface area contributed by atoms with E-state index in [4.69, 9.17) is 33.2 Å². The van der Waals surface area contributed by atoms with Crippen LogP contribution >= 0.6 is 0 Å². The van der Waals surface area contributed by atoms with Crippen LogP contribution in [0.1, 0.15) is 6.92 Å². The van der Waals surface area contributed by atoms with Crippen LogP contribution in [0.2, 0.25) is 0 Å². The lowest BCUT2D eigenvalue weighted by molar-refractivity contribution is -0.378. The predicted octanol–water partition coefficient (Wildman–Crippen LogP) is -9.61. The molecule has 0 aromatic rings. The molecule has 4 saturated heterocycles. The zero-order valence-electron chi connectivity index (χ0n) is 25.5. The van der Waals surface area contributed by atoms with Crippen molar-refractivity contribution >= 4 is 5.91 Å². The molecule has 0 radical (unpaired) electrons. The number of hydrogen-bond donors (Lipinski definition) is 14. The van der Waals surface area contributed by atoms with Crippen molar-refractivity contribution in [1.29, 1.82) is 0 Å². The number of hydrogen-bond acceptors (Lipinski definition) is 21. The molecule has 48 heavy (non-hydrogen) atoms. The van der Waals surface area contributed by atoms with Crippen LogP contribution in [0.5, 0.6) is 0 Å². The summed E-state index contributed by atoms with van der Waals surface area (Å²) in [6.45, 7) is -2.36. The summed E-state index contributed by atoms with van der Waals surface area (Å²) in [6.07, 6.45) is -33.6. The second-order valence-electron chi connectivity index (χ2n) is 11.9. The van der Waals surface area contributed by atoms with E-state index in [0.717, 1.165) is 6.92 Å². The van der Waals surface area contributed by atoms with Crippen LogP contribution in [0.25, 0.3) is 0 Å². The Hall–Kier alpha value is -1.33. The summed E-state index contributed by atoms with van der Waals surface area (Å²) in [5.74, 6) is -0.751. The van der Waals surface area contributed by atoms with Gasteiger partial charge in [0.1, 0.15) is 97.6 Å². The van der Waals surface area contributed by atoms with E-state index >= 15 is 0 Å². The molecule has 0 saturated carbocycles. The molecule has 0 aromatic carbocycles. The Bertz CT molecular complexity index is 1030. The lowest BCUT2D eigenvalue weighted by atomic mass is 9.94. The molecule has 0 spiro atoms. The van der Waals surface area contributed by atoms with Gasteiger partial charge < -0.3 is 105 Å². The Morgan fingerprint density at radius 3 is 1.50 bits per heavy atom. The van der Waals surface area contributed by atoms with E-state index < -0.39 is 155 Å². The fourth-order valence-electron chi connectivity index (χ4n) is 5.94. The quantitative estimate of drug-likeness (QED) is 0.0947. The van der Waals surface area contributed by atoms with Gasteiger partial charge in [0.2, 0.25) is 5.91 Å². The zero-order valence-corrected chi connectivity index (χ0v) is 25.5. The Morgan fingerprint density at radius 2 is 0.938 bits per heavy atom. The first-order valence-corrected chi connectivity index (χ1v) is 15.1. The minimum Gasteiger partial charge on any atom is -0.394 e. The molecule has 4 aliphatic heterocycles. The van der Waals surface area contributed by atoms with Gasteiger partial charge in [0.05, 0.1) is 26.4 Å². The molecular weight excluding hydrogens is 662 g/mol. The first kappa shape index (κ1) is 39.5. The Morgan fingerprint density at radius 1 is 0.500 bits per heavy atom. The summed E-state index contributed by atoms with van der Waals surface area (Å²) >= 11 is 0. The van der Waals surface area contributed by atoms with E-state index in [0.29, 0.717) is 0 Å². The zero-order chi connectivity index (χ0) is 35.6. The molecule has 4 heterocycles. The highest BCUT2D eigenvalue weighted by atomic mass is 16.8. The van der Waals surface area contributed by atoms with Gasteiger partial charge in [0.15, 0.2) is 25.2 Å². The molecule has 22 nitrogen and oxygen atoms in total. The minimum absolute atomic E-state index is 0.751. The number of carbonyl (C=O) groups is 1. The molecule has 14 N–H and O–H groups in total. The number of aliphatic hydroxyl groups is 13. The van der Waals surface area contributed by atoms with Gasteiger partial charge in [-0.1, -0.05) is 0 Å². The maximum atomic E-state index is 12.2. The second kappa shape index (κ2) is 16.8. The highest BCUT2D eigenvalue weighted by Crippen LogP contribution is 2.34. The van der Waals surface area contributed by atoms with Gasteiger partial charge >= 0.3 is 0 Å². The summed E-state index contributed by atoms with van der Waals surface area (Å²) in [4.78, 5) is 12.2. The summed E-state index contributed by atoms with van der Waals surface area (Å²) < 4.78 is 38.5. The number of amides is 1. The highest BCUT2D eigenvalue weighted by molar-refractivity contribution is 5.73. The molecule has 20 atom stereocenters. The van der Waals surface area contributed by atoms with E-state index in [-0.39, 0.29) is 0 Å². The molecule has 22 heteroatoms. The second-order valence-corrected chi connectivity index (χ2v) is 11.9. The Kier molecular flexibility index (Phi) is 13.8. The monoisotopic (exact) mass is 707 g/mol. The van der Waals surface area contributed by atoms with Gasteiger partial charge in [0, 0.05) is 6.92 Å². The Balaban J connectivity index is 1.56. The van der Waals surface area contributed by atoms with Gasteiger partial charge in [-0.2, -0.15) is 0 Å². The van der Waals surface area contributed by atoms with Crippen LogP contribution in [0.3, 0.4) is 0 Å². The van der Waals surface area contributed by atoms with Crippen molar-refractivity contribution in [1.82, 2.24) is 5.32 Å². The lowest BCUT2D eigenvalue weighted by Gasteiger charge is -2.50. The van der Waals surface area contributed by atoms with Gasteiger partial charge in [0.25, 0.3) is 0 Å². The van der Waals surface area contributed by atoms with Crippen molar-refractivity contribution in [2.24, 2.45) is 0 Å². The molecular formula is C26H45NO21. The number of rotatable bonds is 11. The van der Waals surface area contributed by atoms with E-state index in [1.54, 1.807) is 0 Å². The normalized spacial score (nSPS) is 50.2. The molecule has 280 valence electrons. The van der Waals surface area contributed by atoms with Crippen molar-refractivity contribution in [3.05, 3.63) is 0 Å². The van der Waals surface area contributed by atoms with E-state index in [9.17, 15) is 71.2 Å². The SMILES string of the molecule is CC(=O)N[C@H]1[C@H](O[C@@H]2[C@H](O)[C@@H](O)[C@H](O[C@H]3[C@H](O)[C@@H](CO)OC(O)[C@H]3O)O[C@@H]2CO)O[C@H](CO)[C@H](O)[C@@H]1O[C@@H]1O[C@H](CO)[C@H](O)[C@H](O)[C@H]1O. The summed E-state index contributed by atoms with van der Waals surface area (Å²) in [7, 11) is 0. The van der Waals surface area contributed by atoms with E-state index in [1.807, 2.05) is 0 Å². The van der Waals surface area contributed by atoms with E-state index in [1.165, 1.54) is 0 Å². The van der Waals surface area contributed by atoms with Crippen molar-refractivity contribution in [2.75, 3.05) is 26.4 Å². The molecule has 0 bridgehead atoms. The number of aliphatic hydroxyl groups excluding tert-OH is 13. The van der Waals surface area contributed by atoms with Gasteiger partial charge in [-0.15, -0.1) is 0 Å². The number of carbonyl (C=O) groups excluding carboxylic acids is 1. The fourth-order valence-corrected chi connectivity index (χ4v) is 5.94. The maximum Gasteiger partial charge on any atom is 0.217 e. The third-order valence-corrected chi connectivity index (χ3v) is 8.61. The molecule has 0 aliphatic carbocycles. The molecule has 1 amide bonds. The average molecular weight is 708 g/mol. The van der Waals surface area contributed by atoms with Crippen molar-refractivity contribution < 1.29 is 104 Å². The third kappa shape index (κ3) is 8.08. The summed E-state index contributed by atoms with van der Waals surface area (Å²) in [5.41, 5.74) is 0. The molecule has 4 rings (SSSR count). The topological polar surface area (TPSA) is 357 Å². The van der Waals surface area contributed by atoms with Gasteiger partial charge in [-0.25, -0.2) is 0 Å². The fraction of sp³-hybridized carbons (Fsp3) is 0.962. The summed E-state index contributed by atoms with van der Waals surface area (Å²) in [6, 6.07) is -1.57. The standard InChI is InChI=1S/C26H45NO21/c1-6(32)27-11-21(47-25-17(38)15(36)12(33)7(2-28)44-25)13(34)9(4-30)43-24(11)46-20-10(5-31)45-26(18(39)16(20)37)48-22-14(35)8(3-29)42-23(41)19(22)40/h7-26,28-31,33-41H,2-5H2,1H3,(H,27,32)/t7-,8-,9-,10-,11-,12+,13+,14-,15+,16-,17-,18-,19+,20+,21-,22+,23?,24+,25+,26+/m1/s1. The van der Waals surface area contributed by atoms with E-state index in [2.05, 4.69) is 5.32 Å². The molecule has 4 aliphatic rings. The number of nitrogens with one attached hydrogen (secondary N) is 1. The van der Waals surface area contributed by atoms with Crippen LogP contribution in [0.15, 0.2) is 0 Å². The highest BCUT2D eigenvalue weighted by Gasteiger charge is 2.55. The molecule has 0 aromatic heterocycles. The van der Waals surface area contributed by atoms with Crippen molar-refractivity contribution in [3.8, 4) is 0 Å². The van der Waals surface area contributed by atoms with Crippen LogP contribution in [0, 0.1) is 0 Å². The van der Waals surface area contributed by atoms with Crippen molar-refractivity contribution in [3.63, 3.8) is 0 Å². The lowest BCUT2D eigenvalue weighted by Crippen LogP contribution is -2.70. The average Bonchev–Trinajstić information content (AvgIpc) is 3.06. The summed E-state index contributed by atoms with van der Waals surface area (Å²) in [5, 5.41) is 136. The maximum absolute atomic E-state index is 12.2. The molecule has 4 fully saturated rings. The van der Waals surface area contributed by atoms with Gasteiger partial charge in [-0.3, -0.25) is 4.79 Å². The van der Waals surface area contributed by atoms with Crippen LogP contribution in [-0.2, 0) is 38.0 Å². The first-order valence-electron chi connectivity index (χ1n) is 15.1. The smallest absolute Gasteiger partial charge is 0.217 e. The number of ether oxygens (including phenoxy) is 7. The largest absolute Gasteiger partial charge is 0.394 e. The van der Waals surface area contributed by atoms with Gasteiger partial charge in [-0.05, 0) is 0 Å². The van der Waals surface area contributed by atoms with Crippen LogP contribution in [0.4, 0.5) is 0 Å². The Labute approximate surface area is 272 Å². The predicted molar refractivity (Wildman–Crippen MR) is 145 cm³/mol. The first-order chi connectivity index (χ1) is 22.7. The third-order valence-electron chi connectivity index (χ3n) is 8.61.